The lowest BCUT2D eigenvalue weighted by Gasteiger charge is -2.30. The predicted molar refractivity (Wildman–Crippen MR) is 84.5 cm³/mol. The van der Waals surface area contributed by atoms with Gasteiger partial charge in [-0.2, -0.15) is 0 Å². The van der Waals surface area contributed by atoms with Gasteiger partial charge in [0.15, 0.2) is 0 Å². The Morgan fingerprint density at radius 1 is 1.20 bits per heavy atom. The van der Waals surface area contributed by atoms with Crippen molar-refractivity contribution in [3.05, 3.63) is 23.8 Å². The Kier molecular flexibility index (Phi) is 6.82. The molecule has 4 heteroatoms. The Balaban J connectivity index is 3.16. The van der Waals surface area contributed by atoms with Gasteiger partial charge in [-0.3, -0.25) is 0 Å². The van der Waals surface area contributed by atoms with E-state index in [2.05, 4.69) is 24.8 Å². The largest absolute Gasteiger partial charge is 0.496 e. The molecule has 0 saturated carbocycles. The van der Waals surface area contributed by atoms with Crippen LogP contribution in [-0.2, 0) is 4.74 Å². The van der Waals surface area contributed by atoms with Crippen molar-refractivity contribution in [2.24, 2.45) is 11.7 Å². The number of methoxy groups -OCH3 is 2. The van der Waals surface area contributed by atoms with Gasteiger partial charge in [-0.15, -0.1) is 0 Å². The first-order valence-electron chi connectivity index (χ1n) is 7.17. The predicted octanol–water partition coefficient (Wildman–Crippen LogP) is 2.82. The van der Waals surface area contributed by atoms with Gasteiger partial charge < -0.3 is 20.1 Å². The highest BCUT2D eigenvalue weighted by Crippen LogP contribution is 2.33. The molecule has 1 aromatic rings. The summed E-state index contributed by atoms with van der Waals surface area (Å²) in [6.45, 7) is 8.93. The van der Waals surface area contributed by atoms with Gasteiger partial charge in [-0.1, -0.05) is 19.9 Å². The van der Waals surface area contributed by atoms with Gasteiger partial charge in [0.1, 0.15) is 5.75 Å². The summed E-state index contributed by atoms with van der Waals surface area (Å²) in [5, 5.41) is 0. The van der Waals surface area contributed by atoms with Crippen LogP contribution in [-0.4, -0.2) is 33.9 Å². The van der Waals surface area contributed by atoms with Gasteiger partial charge >= 0.3 is 0 Å². The van der Waals surface area contributed by atoms with Crippen LogP contribution in [0.25, 0.3) is 0 Å². The summed E-state index contributed by atoms with van der Waals surface area (Å²) in [7, 11) is 3.42. The average Bonchev–Trinajstić information content (AvgIpc) is 2.41. The SMILES string of the molecule is COCCN(CC(C)C)c1cccc(OC)c1[C@@H](C)N. The molecule has 1 rings (SSSR count). The van der Waals surface area contributed by atoms with Gasteiger partial charge in [-0.05, 0) is 25.0 Å². The Hall–Kier alpha value is -1.26. The number of hydrogen-bond acceptors (Lipinski definition) is 4. The van der Waals surface area contributed by atoms with Gasteiger partial charge in [0, 0.05) is 37.5 Å². The van der Waals surface area contributed by atoms with Crippen molar-refractivity contribution in [3.63, 3.8) is 0 Å². The maximum Gasteiger partial charge on any atom is 0.125 e. The number of nitrogens with two attached hydrogens (primary N) is 1. The fourth-order valence-corrected chi connectivity index (χ4v) is 2.40. The van der Waals surface area contributed by atoms with E-state index >= 15 is 0 Å². The smallest absolute Gasteiger partial charge is 0.125 e. The molecule has 0 fully saturated rings. The standard InChI is InChI=1S/C16H28N2O2/c1-12(2)11-18(9-10-19-4)14-7-6-8-15(20-5)16(14)13(3)17/h6-8,12-13H,9-11,17H2,1-5H3/t13-/m1/s1. The first-order valence-corrected chi connectivity index (χ1v) is 7.17. The van der Waals surface area contributed by atoms with E-state index in [4.69, 9.17) is 15.2 Å². The van der Waals surface area contributed by atoms with Crippen LogP contribution < -0.4 is 15.4 Å². The van der Waals surface area contributed by atoms with Crippen LogP contribution in [0.5, 0.6) is 5.75 Å². The van der Waals surface area contributed by atoms with Gasteiger partial charge in [-0.25, -0.2) is 0 Å². The van der Waals surface area contributed by atoms with Crippen molar-refractivity contribution in [1.82, 2.24) is 0 Å². The molecule has 20 heavy (non-hydrogen) atoms. The third kappa shape index (κ3) is 4.39. The fraction of sp³-hybridized carbons (Fsp3) is 0.625. The van der Waals surface area contributed by atoms with Crippen LogP contribution in [0.2, 0.25) is 0 Å². The lowest BCUT2D eigenvalue weighted by Crippen LogP contribution is -2.32. The molecular weight excluding hydrogens is 252 g/mol. The molecule has 114 valence electrons. The number of rotatable bonds is 8. The van der Waals surface area contributed by atoms with Crippen LogP contribution in [0.15, 0.2) is 18.2 Å². The number of anilines is 1. The number of nitrogens with zero attached hydrogens (tertiary/aromatic N) is 1. The summed E-state index contributed by atoms with van der Waals surface area (Å²) < 4.78 is 10.7. The Morgan fingerprint density at radius 3 is 2.40 bits per heavy atom. The quantitative estimate of drug-likeness (QED) is 0.795. The molecule has 0 aliphatic rings. The molecule has 1 atom stereocenters. The van der Waals surface area contributed by atoms with Crippen LogP contribution in [0.4, 0.5) is 5.69 Å². The Bertz CT molecular complexity index is 405. The minimum atomic E-state index is -0.0710. The molecule has 0 spiro atoms. The van der Waals surface area contributed by atoms with Crippen LogP contribution >= 0.6 is 0 Å². The number of benzene rings is 1. The minimum absolute atomic E-state index is 0.0710. The molecule has 0 radical (unpaired) electrons. The van der Waals surface area contributed by atoms with E-state index in [1.165, 1.54) is 0 Å². The Labute approximate surface area is 122 Å². The zero-order valence-corrected chi connectivity index (χ0v) is 13.3. The van der Waals surface area contributed by atoms with Crippen molar-refractivity contribution >= 4 is 5.69 Å². The van der Waals surface area contributed by atoms with E-state index in [0.29, 0.717) is 12.5 Å². The summed E-state index contributed by atoms with van der Waals surface area (Å²) in [4.78, 5) is 2.33. The monoisotopic (exact) mass is 280 g/mol. The summed E-state index contributed by atoms with van der Waals surface area (Å²) in [6.07, 6.45) is 0. The summed E-state index contributed by atoms with van der Waals surface area (Å²) in [5.41, 5.74) is 8.36. The molecule has 0 aromatic heterocycles. The molecule has 0 aliphatic carbocycles. The van der Waals surface area contributed by atoms with Crippen LogP contribution in [0, 0.1) is 5.92 Å². The normalized spacial score (nSPS) is 12.6. The third-order valence-electron chi connectivity index (χ3n) is 3.21. The van der Waals surface area contributed by atoms with E-state index in [-0.39, 0.29) is 6.04 Å². The summed E-state index contributed by atoms with van der Waals surface area (Å²) >= 11 is 0. The number of ether oxygens (including phenoxy) is 2. The van der Waals surface area contributed by atoms with Crippen molar-refractivity contribution in [3.8, 4) is 5.75 Å². The lowest BCUT2D eigenvalue weighted by atomic mass is 10.0. The van der Waals surface area contributed by atoms with Crippen molar-refractivity contribution in [2.75, 3.05) is 38.8 Å². The lowest BCUT2D eigenvalue weighted by molar-refractivity contribution is 0.204. The van der Waals surface area contributed by atoms with Crippen molar-refractivity contribution in [1.29, 1.82) is 0 Å². The first kappa shape index (κ1) is 16.8. The van der Waals surface area contributed by atoms with Crippen molar-refractivity contribution < 1.29 is 9.47 Å². The van der Waals surface area contributed by atoms with E-state index in [9.17, 15) is 0 Å². The van der Waals surface area contributed by atoms with Gasteiger partial charge in [0.25, 0.3) is 0 Å². The van der Waals surface area contributed by atoms with Gasteiger partial charge in [0.2, 0.25) is 0 Å². The zero-order chi connectivity index (χ0) is 15.1. The molecule has 4 nitrogen and oxygen atoms in total. The molecular formula is C16H28N2O2. The first-order chi connectivity index (χ1) is 9.51. The minimum Gasteiger partial charge on any atom is -0.496 e. The molecule has 0 saturated heterocycles. The molecule has 0 bridgehead atoms. The van der Waals surface area contributed by atoms with Crippen molar-refractivity contribution in [2.45, 2.75) is 26.8 Å². The molecule has 0 heterocycles. The summed E-state index contributed by atoms with van der Waals surface area (Å²) in [5.74, 6) is 1.42. The average molecular weight is 280 g/mol. The molecule has 2 N–H and O–H groups in total. The zero-order valence-electron chi connectivity index (χ0n) is 13.3. The van der Waals surface area contributed by atoms with E-state index in [1.807, 2.05) is 19.1 Å². The topological polar surface area (TPSA) is 47.7 Å². The Morgan fingerprint density at radius 2 is 1.90 bits per heavy atom. The highest BCUT2D eigenvalue weighted by atomic mass is 16.5. The van der Waals surface area contributed by atoms with Crippen LogP contribution in [0.1, 0.15) is 32.4 Å². The maximum absolute atomic E-state index is 6.15. The van der Waals surface area contributed by atoms with E-state index in [1.54, 1.807) is 14.2 Å². The molecule has 0 aliphatic heterocycles. The second kappa shape index (κ2) is 8.12. The second-order valence-corrected chi connectivity index (χ2v) is 5.51. The number of hydrogen-bond donors (Lipinski definition) is 1. The highest BCUT2D eigenvalue weighted by molar-refractivity contribution is 5.60. The third-order valence-corrected chi connectivity index (χ3v) is 3.21. The van der Waals surface area contributed by atoms with Crippen LogP contribution in [0.3, 0.4) is 0 Å². The second-order valence-electron chi connectivity index (χ2n) is 5.51. The fourth-order valence-electron chi connectivity index (χ4n) is 2.40. The molecule has 1 aromatic carbocycles. The van der Waals surface area contributed by atoms with Gasteiger partial charge in [0.05, 0.1) is 13.7 Å². The molecule has 0 amide bonds. The van der Waals surface area contributed by atoms with E-state index < -0.39 is 0 Å². The summed E-state index contributed by atoms with van der Waals surface area (Å²) in [6, 6.07) is 6.02. The van der Waals surface area contributed by atoms with E-state index in [0.717, 1.165) is 30.1 Å². The molecule has 0 unspecified atom stereocenters. The maximum atomic E-state index is 6.15. The highest BCUT2D eigenvalue weighted by Gasteiger charge is 2.18.